The van der Waals surface area contributed by atoms with E-state index >= 15 is 0 Å². The van der Waals surface area contributed by atoms with Crippen molar-refractivity contribution >= 4 is 89.8 Å². The minimum atomic E-state index is -0.775. The Kier molecular flexibility index (Phi) is 8.74. The Morgan fingerprint density at radius 2 is 0.633 bits per heavy atom. The van der Waals surface area contributed by atoms with E-state index in [1.807, 2.05) is 0 Å². The molecule has 6 heteroatoms. The molecule has 0 amide bonds. The zero-order chi connectivity index (χ0) is 51.5. The Hall–Kier alpha value is -10.0. The van der Waals surface area contributed by atoms with Crippen LogP contribution < -0.4 is 42.3 Å². The summed E-state index contributed by atoms with van der Waals surface area (Å²) < 4.78 is 19.9. The van der Waals surface area contributed by atoms with E-state index in [2.05, 4.69) is 276 Å². The summed E-state index contributed by atoms with van der Waals surface area (Å²) in [5.74, 6) is 3.59. The SMILES string of the molecule is c1ccc(B2c3ccccc3Oc3c2ccc2c3-c3cc(-n4c5ccccc5c5ccccc54)ccc3C23c2ccc(-n4c5ccccc5c5ccccc54)cc2-c2c3ccc3c2Oc2ccccc2B3c2ccccc2)cc1. The molecular formula is C73H44B2N2O2. The average molecular weight is 1000 g/mol. The van der Waals surface area contributed by atoms with Crippen LogP contribution >= 0.6 is 0 Å². The summed E-state index contributed by atoms with van der Waals surface area (Å²) in [5, 5.41) is 4.93. The molecule has 18 rings (SSSR count). The molecule has 2 aliphatic heterocycles. The van der Waals surface area contributed by atoms with Crippen molar-refractivity contribution in [3.63, 3.8) is 0 Å². The van der Waals surface area contributed by atoms with E-state index in [4.69, 9.17) is 9.47 Å². The van der Waals surface area contributed by atoms with Crippen molar-refractivity contribution in [1.29, 1.82) is 0 Å². The molecule has 4 aliphatic rings. The van der Waals surface area contributed by atoms with Gasteiger partial charge in [0.15, 0.2) is 0 Å². The zero-order valence-electron chi connectivity index (χ0n) is 42.8. The number of aromatic nitrogens is 2. The standard InChI is InChI=1S/C73H44B2N2O2/c1-3-19-45(20-4-1)74-59-27-11-17-33-67(59)78-71-61(74)41-39-57-69(71)53-43-47(76-63-29-13-7-23-49(63)50-24-8-14-30-64(50)76)35-37-55(53)73(57)56-38-36-48(77-65-31-15-9-25-51(65)52-26-10-16-32-66(52)77)44-54(56)70-58(73)40-42-62-72(70)79-68-34-18-12-28-60(68)75(62)46-21-5-2-6-22-46/h1-44H. The summed E-state index contributed by atoms with van der Waals surface area (Å²) in [5.41, 5.74) is 22.7. The van der Waals surface area contributed by atoms with Crippen molar-refractivity contribution in [3.05, 3.63) is 289 Å². The van der Waals surface area contributed by atoms with Gasteiger partial charge in [-0.1, -0.05) is 217 Å². The third kappa shape index (κ3) is 5.69. The summed E-state index contributed by atoms with van der Waals surface area (Å²) in [6.07, 6.45) is 0. The topological polar surface area (TPSA) is 28.3 Å². The van der Waals surface area contributed by atoms with Crippen LogP contribution in [0, 0.1) is 0 Å². The summed E-state index contributed by atoms with van der Waals surface area (Å²) in [4.78, 5) is 0. The number of fused-ring (bicyclic) bond motifs is 22. The van der Waals surface area contributed by atoms with Crippen molar-refractivity contribution in [2.24, 2.45) is 0 Å². The van der Waals surface area contributed by atoms with Gasteiger partial charge in [-0.3, -0.25) is 0 Å². The molecule has 0 saturated carbocycles. The molecule has 0 radical (unpaired) electrons. The van der Waals surface area contributed by atoms with Crippen molar-refractivity contribution in [1.82, 2.24) is 9.13 Å². The first kappa shape index (κ1) is 43.1. The predicted octanol–water partition coefficient (Wildman–Crippen LogP) is 13.5. The highest BCUT2D eigenvalue weighted by molar-refractivity contribution is 6.97. The van der Waals surface area contributed by atoms with Crippen LogP contribution in [0.5, 0.6) is 23.0 Å². The van der Waals surface area contributed by atoms with E-state index < -0.39 is 5.41 Å². The van der Waals surface area contributed by atoms with Crippen LogP contribution in [-0.4, -0.2) is 22.6 Å². The highest BCUT2D eigenvalue weighted by Gasteiger charge is 2.55. The second kappa shape index (κ2) is 16.0. The zero-order valence-corrected chi connectivity index (χ0v) is 42.8. The Labute approximate surface area is 457 Å². The molecule has 0 saturated heterocycles. The fraction of sp³-hybridized carbons (Fsp3) is 0.0137. The third-order valence-corrected chi connectivity index (χ3v) is 18.0. The van der Waals surface area contributed by atoms with Gasteiger partial charge in [0.2, 0.25) is 0 Å². The number of ether oxygens (including phenoxy) is 2. The lowest BCUT2D eigenvalue weighted by Crippen LogP contribution is -2.55. The number of hydrogen-bond donors (Lipinski definition) is 0. The van der Waals surface area contributed by atoms with Crippen LogP contribution in [0.15, 0.2) is 267 Å². The first-order chi connectivity index (χ1) is 39.2. The lowest BCUT2D eigenvalue weighted by Gasteiger charge is -2.33. The molecule has 0 atom stereocenters. The van der Waals surface area contributed by atoms with Crippen LogP contribution in [0.1, 0.15) is 22.3 Å². The van der Waals surface area contributed by atoms with Gasteiger partial charge in [0.25, 0.3) is 13.4 Å². The predicted molar refractivity (Wildman–Crippen MR) is 327 cm³/mol. The van der Waals surface area contributed by atoms with E-state index in [1.54, 1.807) is 0 Å². The number of hydrogen-bond acceptors (Lipinski definition) is 2. The van der Waals surface area contributed by atoms with E-state index in [9.17, 15) is 0 Å². The van der Waals surface area contributed by atoms with Gasteiger partial charge in [0.05, 0.1) is 27.5 Å². The minimum Gasteiger partial charge on any atom is -0.458 e. The number of rotatable bonds is 4. The quantitative estimate of drug-likeness (QED) is 0.164. The van der Waals surface area contributed by atoms with Crippen LogP contribution in [0.4, 0.5) is 0 Å². The lowest BCUT2D eigenvalue weighted by atomic mass is 9.35. The second-order valence-corrected chi connectivity index (χ2v) is 21.7. The molecule has 4 heterocycles. The average Bonchev–Trinajstić information content (AvgIpc) is 2.78. The van der Waals surface area contributed by atoms with Gasteiger partial charge in [-0.15, -0.1) is 0 Å². The van der Waals surface area contributed by atoms with Gasteiger partial charge in [0.1, 0.15) is 23.0 Å². The van der Waals surface area contributed by atoms with Crippen LogP contribution in [0.3, 0.4) is 0 Å². The van der Waals surface area contributed by atoms with Crippen LogP contribution in [0.25, 0.3) is 77.2 Å². The van der Waals surface area contributed by atoms with Crippen molar-refractivity contribution in [3.8, 4) is 56.6 Å². The monoisotopic (exact) mass is 1000 g/mol. The molecule has 4 nitrogen and oxygen atoms in total. The summed E-state index contributed by atoms with van der Waals surface area (Å²) in [6, 6.07) is 98.6. The molecule has 0 N–H and O–H groups in total. The fourth-order valence-corrected chi connectivity index (χ4v) is 14.9. The first-order valence-electron chi connectivity index (χ1n) is 27.5. The number of nitrogens with zero attached hydrogens (tertiary/aromatic N) is 2. The molecule has 2 aromatic heterocycles. The van der Waals surface area contributed by atoms with Gasteiger partial charge in [-0.05, 0) is 116 Å². The maximum Gasteiger partial charge on any atom is 0.250 e. The Bertz CT molecular complexity index is 4520. The van der Waals surface area contributed by atoms with E-state index in [0.29, 0.717) is 0 Å². The molecular weight excluding hydrogens is 958 g/mol. The number of para-hydroxylation sites is 6. The minimum absolute atomic E-state index is 0.0423. The van der Waals surface area contributed by atoms with Gasteiger partial charge in [-0.25, -0.2) is 0 Å². The largest absolute Gasteiger partial charge is 0.458 e. The molecule has 79 heavy (non-hydrogen) atoms. The Morgan fingerprint density at radius 1 is 0.291 bits per heavy atom. The third-order valence-electron chi connectivity index (χ3n) is 18.0. The molecule has 14 aromatic rings. The molecule has 12 aromatic carbocycles. The fourth-order valence-electron chi connectivity index (χ4n) is 14.9. The van der Waals surface area contributed by atoms with E-state index in [0.717, 1.165) is 67.6 Å². The normalized spacial score (nSPS) is 13.8. The highest BCUT2D eigenvalue weighted by atomic mass is 16.5. The van der Waals surface area contributed by atoms with Crippen molar-refractivity contribution in [2.45, 2.75) is 5.41 Å². The molecule has 0 fully saturated rings. The molecule has 0 bridgehead atoms. The summed E-state index contributed by atoms with van der Waals surface area (Å²) in [6.45, 7) is -0.0846. The summed E-state index contributed by atoms with van der Waals surface area (Å²) in [7, 11) is 0. The van der Waals surface area contributed by atoms with Crippen LogP contribution in [-0.2, 0) is 5.41 Å². The maximum absolute atomic E-state index is 7.49. The van der Waals surface area contributed by atoms with Gasteiger partial charge < -0.3 is 18.6 Å². The van der Waals surface area contributed by atoms with Gasteiger partial charge in [-0.2, -0.15) is 0 Å². The molecule has 364 valence electrons. The van der Waals surface area contributed by atoms with Crippen molar-refractivity contribution in [2.75, 3.05) is 0 Å². The number of benzene rings is 12. The maximum atomic E-state index is 7.49. The van der Waals surface area contributed by atoms with Crippen molar-refractivity contribution < 1.29 is 9.47 Å². The van der Waals surface area contributed by atoms with E-state index in [-0.39, 0.29) is 13.4 Å². The molecule has 1 spiro atoms. The van der Waals surface area contributed by atoms with E-state index in [1.165, 1.54) is 87.7 Å². The van der Waals surface area contributed by atoms with Gasteiger partial charge in [0, 0.05) is 44.0 Å². The van der Waals surface area contributed by atoms with Gasteiger partial charge >= 0.3 is 0 Å². The summed E-state index contributed by atoms with van der Waals surface area (Å²) >= 11 is 0. The Balaban J connectivity index is 0.975. The molecule has 0 unspecified atom stereocenters. The lowest BCUT2D eigenvalue weighted by molar-refractivity contribution is 0.488. The highest BCUT2D eigenvalue weighted by Crippen LogP contribution is 2.66. The second-order valence-electron chi connectivity index (χ2n) is 21.7. The van der Waals surface area contributed by atoms with Crippen LogP contribution in [0.2, 0.25) is 0 Å². The molecule has 2 aliphatic carbocycles. The first-order valence-corrected chi connectivity index (χ1v) is 27.5. The Morgan fingerprint density at radius 3 is 1.04 bits per heavy atom. The smallest absolute Gasteiger partial charge is 0.250 e.